The maximum Gasteiger partial charge on any atom is 0.270 e. The number of fused-ring (bicyclic) bond motifs is 1. The monoisotopic (exact) mass is 334 g/mol. The molecule has 0 amide bonds. The van der Waals surface area contributed by atoms with Gasteiger partial charge in [-0.3, -0.25) is 15.0 Å². The number of aromatic nitrogens is 1. The van der Waals surface area contributed by atoms with Gasteiger partial charge in [0.05, 0.1) is 4.92 Å². The van der Waals surface area contributed by atoms with E-state index >= 15 is 0 Å². The van der Waals surface area contributed by atoms with Crippen molar-refractivity contribution in [2.45, 2.75) is 18.9 Å². The van der Waals surface area contributed by atoms with Gasteiger partial charge in [-0.2, -0.15) is 5.26 Å². The Morgan fingerprint density at radius 1 is 1.28 bits per heavy atom. The van der Waals surface area contributed by atoms with Crippen LogP contribution in [0.25, 0.3) is 22.2 Å². The summed E-state index contributed by atoms with van der Waals surface area (Å²) in [6, 6.07) is 11.9. The maximum absolute atomic E-state index is 11.0. The molecule has 1 aliphatic heterocycles. The molecule has 0 aliphatic carbocycles. The van der Waals surface area contributed by atoms with Gasteiger partial charge in [0.2, 0.25) is 5.89 Å². The van der Waals surface area contributed by atoms with Crippen LogP contribution in [0.5, 0.6) is 0 Å². The first-order valence-corrected chi connectivity index (χ1v) is 7.97. The molecule has 1 aliphatic rings. The highest BCUT2D eigenvalue weighted by molar-refractivity contribution is 5.81. The topological polar surface area (TPSA) is 96.2 Å². The van der Waals surface area contributed by atoms with Crippen LogP contribution in [0, 0.1) is 21.6 Å². The fourth-order valence-corrected chi connectivity index (χ4v) is 3.21. The van der Waals surface area contributed by atoms with Gasteiger partial charge in [0.25, 0.3) is 5.69 Å². The van der Waals surface area contributed by atoms with Crippen molar-refractivity contribution in [2.24, 2.45) is 0 Å². The Morgan fingerprint density at radius 3 is 2.92 bits per heavy atom. The van der Waals surface area contributed by atoms with E-state index < -0.39 is 4.92 Å². The molecule has 1 fully saturated rings. The van der Waals surface area contributed by atoms with Crippen LogP contribution in [0.4, 0.5) is 5.69 Å². The number of hydrogen-bond acceptors (Lipinski definition) is 6. The lowest BCUT2D eigenvalue weighted by molar-refractivity contribution is -0.384. The summed E-state index contributed by atoms with van der Waals surface area (Å²) in [5, 5.41) is 20.1. The Labute approximate surface area is 143 Å². The molecule has 0 spiro atoms. The molecule has 7 nitrogen and oxygen atoms in total. The molecule has 0 N–H and O–H groups in total. The normalized spacial score (nSPS) is 16.9. The zero-order valence-electron chi connectivity index (χ0n) is 13.3. The number of hydrogen-bond donors (Lipinski definition) is 0. The summed E-state index contributed by atoms with van der Waals surface area (Å²) in [7, 11) is 0. The second kappa shape index (κ2) is 5.91. The summed E-state index contributed by atoms with van der Waals surface area (Å²) in [5.74, 6) is 0.547. The van der Waals surface area contributed by atoms with Gasteiger partial charge in [0.1, 0.15) is 11.6 Å². The molecule has 0 radical (unpaired) electrons. The zero-order valence-corrected chi connectivity index (χ0v) is 13.3. The van der Waals surface area contributed by atoms with Crippen molar-refractivity contribution >= 4 is 16.8 Å². The molecule has 4 rings (SSSR count). The minimum absolute atomic E-state index is 0.0501. The van der Waals surface area contributed by atoms with E-state index in [0.717, 1.165) is 30.5 Å². The van der Waals surface area contributed by atoms with Gasteiger partial charge < -0.3 is 4.42 Å². The van der Waals surface area contributed by atoms with Crippen LogP contribution in [0.15, 0.2) is 46.9 Å². The number of benzene rings is 2. The van der Waals surface area contributed by atoms with Crippen LogP contribution in [-0.4, -0.2) is 21.4 Å². The van der Waals surface area contributed by atoms with Crippen LogP contribution in [0.1, 0.15) is 24.8 Å². The van der Waals surface area contributed by atoms with Gasteiger partial charge in [-0.05, 0) is 36.1 Å². The van der Waals surface area contributed by atoms with Gasteiger partial charge in [0, 0.05) is 18.7 Å². The highest BCUT2D eigenvalue weighted by Crippen LogP contribution is 2.34. The van der Waals surface area contributed by atoms with E-state index in [9.17, 15) is 15.4 Å². The molecule has 2 heterocycles. The minimum atomic E-state index is -0.410. The number of rotatable bonds is 3. The summed E-state index contributed by atoms with van der Waals surface area (Å²) < 4.78 is 5.82. The van der Waals surface area contributed by atoms with E-state index in [0.29, 0.717) is 17.0 Å². The van der Waals surface area contributed by atoms with Gasteiger partial charge in [-0.25, -0.2) is 4.98 Å². The fourth-order valence-electron chi connectivity index (χ4n) is 3.21. The van der Waals surface area contributed by atoms with Crippen molar-refractivity contribution in [1.29, 1.82) is 5.26 Å². The lowest BCUT2D eigenvalue weighted by Crippen LogP contribution is -2.17. The third kappa shape index (κ3) is 2.68. The number of nitro benzene ring substituents is 1. The van der Waals surface area contributed by atoms with E-state index in [2.05, 4.69) is 11.2 Å². The van der Waals surface area contributed by atoms with E-state index in [4.69, 9.17) is 4.42 Å². The number of non-ortho nitro benzene ring substituents is 1. The molecular formula is C18H14N4O3. The van der Waals surface area contributed by atoms with Crippen molar-refractivity contribution < 1.29 is 9.34 Å². The van der Waals surface area contributed by atoms with E-state index in [1.54, 1.807) is 11.0 Å². The molecule has 0 saturated carbocycles. The first-order valence-electron chi connectivity index (χ1n) is 7.97. The lowest BCUT2D eigenvalue weighted by atomic mass is 10.0. The molecule has 1 unspecified atom stereocenters. The van der Waals surface area contributed by atoms with E-state index in [-0.39, 0.29) is 11.7 Å². The first-order chi connectivity index (χ1) is 12.2. The second-order valence-corrected chi connectivity index (χ2v) is 5.99. The van der Waals surface area contributed by atoms with Gasteiger partial charge in [-0.15, -0.1) is 0 Å². The highest BCUT2D eigenvalue weighted by Gasteiger charge is 2.29. The molecular weight excluding hydrogens is 320 g/mol. The summed E-state index contributed by atoms with van der Waals surface area (Å²) in [6.45, 7) is 0.721. The van der Waals surface area contributed by atoms with Crippen LogP contribution in [0.2, 0.25) is 0 Å². The van der Waals surface area contributed by atoms with Crippen LogP contribution in [0.3, 0.4) is 0 Å². The maximum atomic E-state index is 11.0. The summed E-state index contributed by atoms with van der Waals surface area (Å²) in [4.78, 5) is 16.8. The largest absolute Gasteiger partial charge is 0.438 e. The van der Waals surface area contributed by atoms with E-state index in [1.807, 2.05) is 24.3 Å². The quantitative estimate of drug-likeness (QED) is 0.408. The highest BCUT2D eigenvalue weighted by atomic mass is 16.6. The molecule has 1 aromatic heterocycles. The Bertz CT molecular complexity index is 1000. The Balaban J connectivity index is 1.73. The number of nitro groups is 1. The Morgan fingerprint density at radius 2 is 2.12 bits per heavy atom. The second-order valence-electron chi connectivity index (χ2n) is 5.99. The molecule has 1 atom stereocenters. The Kier molecular flexibility index (Phi) is 3.58. The molecule has 124 valence electrons. The number of nitrogens with zero attached hydrogens (tertiary/aromatic N) is 4. The zero-order chi connectivity index (χ0) is 17.4. The molecule has 3 aromatic rings. The number of likely N-dealkylation sites (tertiary alicyclic amines) is 1. The molecule has 7 heteroatoms. The van der Waals surface area contributed by atoms with Gasteiger partial charge >= 0.3 is 0 Å². The molecule has 25 heavy (non-hydrogen) atoms. The fraction of sp³-hybridized carbons (Fsp3) is 0.222. The third-order valence-electron chi connectivity index (χ3n) is 4.46. The van der Waals surface area contributed by atoms with Crippen molar-refractivity contribution in [3.05, 3.63) is 58.5 Å². The Hall–Kier alpha value is -3.40. The van der Waals surface area contributed by atoms with Crippen LogP contribution >= 0.6 is 0 Å². The van der Waals surface area contributed by atoms with Crippen molar-refractivity contribution in [1.82, 2.24) is 9.88 Å². The lowest BCUT2D eigenvalue weighted by Gasteiger charge is -2.13. The number of nitriles is 1. The predicted octanol–water partition coefficient (Wildman–Crippen LogP) is 4.02. The van der Waals surface area contributed by atoms with E-state index in [1.165, 1.54) is 12.1 Å². The molecule has 0 bridgehead atoms. The SMILES string of the molecule is N#CN1CCCC1c1nc2cc(-c3cccc([N+](=O)[O-])c3)ccc2o1. The molecule has 2 aromatic carbocycles. The third-order valence-corrected chi connectivity index (χ3v) is 4.46. The standard InChI is InChI=1S/C18H14N4O3/c19-11-21-8-2-5-16(21)18-20-15-10-13(6-7-17(15)25-18)12-3-1-4-14(9-12)22(23)24/h1,3-4,6-7,9-10,16H,2,5,8H2. The van der Waals surface area contributed by atoms with Crippen molar-refractivity contribution in [3.63, 3.8) is 0 Å². The van der Waals surface area contributed by atoms with Crippen LogP contribution in [-0.2, 0) is 0 Å². The minimum Gasteiger partial charge on any atom is -0.438 e. The average Bonchev–Trinajstić information content (AvgIpc) is 3.27. The summed E-state index contributed by atoms with van der Waals surface area (Å²) in [6.07, 6.45) is 3.97. The summed E-state index contributed by atoms with van der Waals surface area (Å²) in [5.41, 5.74) is 2.96. The smallest absolute Gasteiger partial charge is 0.270 e. The number of oxazole rings is 1. The van der Waals surface area contributed by atoms with Gasteiger partial charge in [0.15, 0.2) is 11.8 Å². The van der Waals surface area contributed by atoms with Crippen LogP contribution < -0.4 is 0 Å². The summed E-state index contributed by atoms with van der Waals surface area (Å²) >= 11 is 0. The predicted molar refractivity (Wildman–Crippen MR) is 90.4 cm³/mol. The molecule has 1 saturated heterocycles. The average molecular weight is 334 g/mol. The van der Waals surface area contributed by atoms with Gasteiger partial charge in [-0.1, -0.05) is 18.2 Å². The first kappa shape index (κ1) is 15.1. The van der Waals surface area contributed by atoms with Crippen molar-refractivity contribution in [3.8, 4) is 17.3 Å². The van der Waals surface area contributed by atoms with Crippen molar-refractivity contribution in [2.75, 3.05) is 6.54 Å².